The fourth-order valence-corrected chi connectivity index (χ4v) is 3.02. The largest absolute Gasteiger partial charge is 0.502 e. The van der Waals surface area contributed by atoms with Crippen molar-refractivity contribution in [2.45, 2.75) is 17.0 Å². The minimum atomic E-state index is -5.49. The summed E-state index contributed by atoms with van der Waals surface area (Å²) in [6.07, 6.45) is 3.41. The maximum atomic E-state index is 12.7. The van der Waals surface area contributed by atoms with Crippen LogP contribution in [0.2, 0.25) is 0 Å². The van der Waals surface area contributed by atoms with Crippen LogP contribution in [0.15, 0.2) is 59.8 Å². The highest BCUT2D eigenvalue weighted by Crippen LogP contribution is 2.35. The maximum absolute atomic E-state index is 12.7. The number of para-hydroxylation sites is 1. The van der Waals surface area contributed by atoms with Crippen molar-refractivity contribution in [1.29, 1.82) is 0 Å². The molecule has 0 atom stereocenters. The SMILES string of the molecule is O=S(=O)(c1ccccc1OCc1cn2ccccc2n1)C(F)(F)F. The summed E-state index contributed by atoms with van der Waals surface area (Å²) in [4.78, 5) is 3.32. The van der Waals surface area contributed by atoms with Crippen molar-refractivity contribution < 1.29 is 26.3 Å². The average molecular weight is 356 g/mol. The highest BCUT2D eigenvalue weighted by molar-refractivity contribution is 7.92. The van der Waals surface area contributed by atoms with Gasteiger partial charge in [-0.05, 0) is 24.3 Å². The number of sulfone groups is 1. The van der Waals surface area contributed by atoms with Crippen LogP contribution in [0.3, 0.4) is 0 Å². The van der Waals surface area contributed by atoms with Crippen molar-refractivity contribution in [3.63, 3.8) is 0 Å². The molecule has 1 aromatic carbocycles. The number of alkyl halides is 3. The van der Waals surface area contributed by atoms with Crippen LogP contribution in [-0.2, 0) is 16.4 Å². The normalized spacial score (nSPS) is 12.5. The molecule has 126 valence electrons. The molecule has 0 saturated carbocycles. The molecule has 24 heavy (non-hydrogen) atoms. The average Bonchev–Trinajstić information content (AvgIpc) is 2.95. The lowest BCUT2D eigenvalue weighted by Crippen LogP contribution is -2.23. The van der Waals surface area contributed by atoms with E-state index in [0.29, 0.717) is 11.3 Å². The van der Waals surface area contributed by atoms with E-state index in [1.165, 1.54) is 18.2 Å². The number of pyridine rings is 1. The lowest BCUT2D eigenvalue weighted by molar-refractivity contribution is -0.0437. The van der Waals surface area contributed by atoms with Crippen molar-refractivity contribution in [3.05, 3.63) is 60.6 Å². The predicted molar refractivity (Wildman–Crippen MR) is 79.2 cm³/mol. The first-order chi connectivity index (χ1) is 11.3. The van der Waals surface area contributed by atoms with E-state index in [9.17, 15) is 21.6 Å². The molecule has 0 aliphatic carbocycles. The van der Waals surface area contributed by atoms with Gasteiger partial charge in [0.25, 0.3) is 9.84 Å². The van der Waals surface area contributed by atoms with Gasteiger partial charge in [0.05, 0.1) is 5.69 Å². The fourth-order valence-electron chi connectivity index (χ4n) is 2.12. The van der Waals surface area contributed by atoms with Crippen LogP contribution in [0, 0.1) is 0 Å². The molecule has 0 amide bonds. The van der Waals surface area contributed by atoms with Crippen LogP contribution in [0.5, 0.6) is 5.75 Å². The number of nitrogens with zero attached hydrogens (tertiary/aromatic N) is 2. The first-order valence-electron chi connectivity index (χ1n) is 6.75. The van der Waals surface area contributed by atoms with E-state index >= 15 is 0 Å². The van der Waals surface area contributed by atoms with Gasteiger partial charge in [0.15, 0.2) is 0 Å². The third-order valence-electron chi connectivity index (χ3n) is 3.23. The zero-order valence-electron chi connectivity index (χ0n) is 12.1. The van der Waals surface area contributed by atoms with Crippen LogP contribution in [0.1, 0.15) is 5.69 Å². The van der Waals surface area contributed by atoms with Gasteiger partial charge in [0.1, 0.15) is 22.9 Å². The summed E-state index contributed by atoms with van der Waals surface area (Å²) in [5.74, 6) is -0.369. The first kappa shape index (κ1) is 16.3. The van der Waals surface area contributed by atoms with Crippen molar-refractivity contribution in [2.24, 2.45) is 0 Å². The molecular formula is C15H11F3N2O3S. The van der Waals surface area contributed by atoms with Crippen LogP contribution < -0.4 is 4.74 Å². The highest BCUT2D eigenvalue weighted by Gasteiger charge is 2.48. The Labute approximate surface area is 135 Å². The van der Waals surface area contributed by atoms with E-state index in [-0.39, 0.29) is 12.4 Å². The molecule has 9 heteroatoms. The third-order valence-corrected chi connectivity index (χ3v) is 4.76. The monoisotopic (exact) mass is 356 g/mol. The molecule has 2 heterocycles. The van der Waals surface area contributed by atoms with Gasteiger partial charge in [-0.3, -0.25) is 0 Å². The molecule has 0 radical (unpaired) electrons. The summed E-state index contributed by atoms with van der Waals surface area (Å²) in [5.41, 5.74) is -4.29. The van der Waals surface area contributed by atoms with Crippen LogP contribution >= 0.6 is 0 Å². The number of rotatable bonds is 4. The Balaban J connectivity index is 1.88. The molecule has 0 unspecified atom stereocenters. The van der Waals surface area contributed by atoms with E-state index in [4.69, 9.17) is 4.74 Å². The van der Waals surface area contributed by atoms with Gasteiger partial charge < -0.3 is 9.14 Å². The standard InChI is InChI=1S/C15H11F3N2O3S/c16-15(17,18)24(21,22)13-6-2-1-5-12(13)23-10-11-9-20-8-4-3-7-14(20)19-11/h1-9H,10H2. The molecule has 0 bridgehead atoms. The number of hydrogen-bond acceptors (Lipinski definition) is 4. The van der Waals surface area contributed by atoms with Crippen molar-refractivity contribution in [3.8, 4) is 5.75 Å². The number of halogens is 3. The van der Waals surface area contributed by atoms with E-state index in [0.717, 1.165) is 6.07 Å². The summed E-state index contributed by atoms with van der Waals surface area (Å²) in [7, 11) is -5.49. The van der Waals surface area contributed by atoms with Crippen LogP contribution in [0.25, 0.3) is 5.65 Å². The maximum Gasteiger partial charge on any atom is 0.502 e. The summed E-state index contributed by atoms with van der Waals surface area (Å²) in [6.45, 7) is -0.161. The van der Waals surface area contributed by atoms with E-state index in [1.807, 2.05) is 0 Å². The zero-order chi connectivity index (χ0) is 17.4. The van der Waals surface area contributed by atoms with Crippen molar-refractivity contribution in [1.82, 2.24) is 9.38 Å². The van der Waals surface area contributed by atoms with Gasteiger partial charge in [-0.15, -0.1) is 0 Å². The summed E-state index contributed by atoms with van der Waals surface area (Å²) in [5, 5.41) is 0. The second-order valence-electron chi connectivity index (χ2n) is 4.88. The van der Waals surface area contributed by atoms with Crippen LogP contribution in [0.4, 0.5) is 13.2 Å². The molecule has 0 fully saturated rings. The lowest BCUT2D eigenvalue weighted by atomic mass is 10.3. The van der Waals surface area contributed by atoms with Gasteiger partial charge in [-0.2, -0.15) is 13.2 Å². The topological polar surface area (TPSA) is 60.7 Å². The smallest absolute Gasteiger partial charge is 0.486 e. The van der Waals surface area contributed by atoms with Gasteiger partial charge >= 0.3 is 5.51 Å². The van der Waals surface area contributed by atoms with Gasteiger partial charge in [-0.25, -0.2) is 13.4 Å². The second-order valence-corrected chi connectivity index (χ2v) is 6.79. The highest BCUT2D eigenvalue weighted by atomic mass is 32.2. The Morgan fingerprint density at radius 3 is 2.50 bits per heavy atom. The fraction of sp³-hybridized carbons (Fsp3) is 0.133. The second kappa shape index (κ2) is 5.82. The Kier molecular flexibility index (Phi) is 3.96. The Hall–Kier alpha value is -2.55. The summed E-state index contributed by atoms with van der Waals surface area (Å²) >= 11 is 0. The van der Waals surface area contributed by atoms with Crippen molar-refractivity contribution >= 4 is 15.5 Å². The number of ether oxygens (including phenoxy) is 1. The minimum Gasteiger partial charge on any atom is -0.486 e. The predicted octanol–water partition coefficient (Wildman–Crippen LogP) is 3.21. The van der Waals surface area contributed by atoms with Crippen molar-refractivity contribution in [2.75, 3.05) is 0 Å². The molecule has 0 spiro atoms. The van der Waals surface area contributed by atoms with E-state index < -0.39 is 20.2 Å². The summed E-state index contributed by atoms with van der Waals surface area (Å²) in [6, 6.07) is 9.98. The summed E-state index contributed by atoms with van der Waals surface area (Å²) < 4.78 is 68.4. The molecule has 0 aliphatic rings. The quantitative estimate of drug-likeness (QED) is 0.720. The molecule has 5 nitrogen and oxygen atoms in total. The molecule has 3 aromatic rings. The number of fused-ring (bicyclic) bond motifs is 1. The van der Waals surface area contributed by atoms with Gasteiger partial charge in [-0.1, -0.05) is 18.2 Å². The minimum absolute atomic E-state index is 0.161. The Morgan fingerprint density at radius 2 is 1.79 bits per heavy atom. The number of imidazole rings is 1. The Morgan fingerprint density at radius 1 is 1.08 bits per heavy atom. The lowest BCUT2D eigenvalue weighted by Gasteiger charge is -2.12. The van der Waals surface area contributed by atoms with E-state index in [2.05, 4.69) is 4.98 Å². The van der Waals surface area contributed by atoms with Gasteiger partial charge in [0.2, 0.25) is 0 Å². The molecule has 3 rings (SSSR count). The third kappa shape index (κ3) is 2.94. The number of benzene rings is 1. The first-order valence-corrected chi connectivity index (χ1v) is 8.23. The molecule has 0 N–H and O–H groups in total. The van der Waals surface area contributed by atoms with Crippen LogP contribution in [-0.4, -0.2) is 23.3 Å². The molecule has 2 aromatic heterocycles. The number of hydrogen-bond donors (Lipinski definition) is 0. The molecular weight excluding hydrogens is 345 g/mol. The zero-order valence-corrected chi connectivity index (χ0v) is 12.9. The van der Waals surface area contributed by atoms with Gasteiger partial charge in [0, 0.05) is 12.4 Å². The van der Waals surface area contributed by atoms with E-state index in [1.54, 1.807) is 35.0 Å². The molecule has 0 aliphatic heterocycles. The number of aromatic nitrogens is 2. The molecule has 0 saturated heterocycles. The Bertz CT molecular complexity index is 948.